The van der Waals surface area contributed by atoms with Gasteiger partial charge in [-0.3, -0.25) is 4.79 Å². The molecule has 1 fully saturated rings. The predicted molar refractivity (Wildman–Crippen MR) is 84.5 cm³/mol. The normalized spacial score (nSPS) is 17.7. The fourth-order valence-corrected chi connectivity index (χ4v) is 2.58. The van der Waals surface area contributed by atoms with Crippen molar-refractivity contribution in [2.75, 3.05) is 26.2 Å². The first-order valence-corrected chi connectivity index (χ1v) is 7.91. The fourth-order valence-electron chi connectivity index (χ4n) is 2.58. The molecule has 0 saturated carbocycles. The van der Waals surface area contributed by atoms with Crippen molar-refractivity contribution in [1.29, 1.82) is 0 Å². The first-order valence-electron chi connectivity index (χ1n) is 7.91. The van der Waals surface area contributed by atoms with E-state index in [0.717, 1.165) is 37.2 Å². The quantitative estimate of drug-likeness (QED) is 0.722. The average molecular weight is 290 g/mol. The lowest BCUT2D eigenvalue weighted by Crippen LogP contribution is -2.26. The standard InChI is InChI=1S/C17H26N2O2/c1-14-5-2-3-6-16(14)21-12-4-10-19-17(20)8-7-15-9-11-18-13-15/h2-3,5-6,15,18H,4,7-13H2,1H3,(H,19,20). The van der Waals surface area contributed by atoms with Gasteiger partial charge in [0, 0.05) is 13.0 Å². The molecule has 0 radical (unpaired) electrons. The van der Waals surface area contributed by atoms with Gasteiger partial charge in [-0.1, -0.05) is 18.2 Å². The second kappa shape index (κ2) is 8.67. The van der Waals surface area contributed by atoms with Crippen LogP contribution in [0, 0.1) is 12.8 Å². The number of hydrogen-bond acceptors (Lipinski definition) is 3. The van der Waals surface area contributed by atoms with Gasteiger partial charge in [-0.25, -0.2) is 0 Å². The number of carbonyl (C=O) groups is 1. The Morgan fingerprint density at radius 2 is 2.29 bits per heavy atom. The summed E-state index contributed by atoms with van der Waals surface area (Å²) in [5.41, 5.74) is 1.15. The lowest BCUT2D eigenvalue weighted by atomic mass is 10.0. The molecular weight excluding hydrogens is 264 g/mol. The molecule has 4 nitrogen and oxygen atoms in total. The molecule has 2 rings (SSSR count). The summed E-state index contributed by atoms with van der Waals surface area (Å²) >= 11 is 0. The Labute approximate surface area is 127 Å². The number of benzene rings is 1. The molecule has 4 heteroatoms. The monoisotopic (exact) mass is 290 g/mol. The minimum atomic E-state index is 0.165. The zero-order valence-electron chi connectivity index (χ0n) is 12.9. The molecule has 1 unspecified atom stereocenters. The van der Waals surface area contributed by atoms with Gasteiger partial charge in [0.2, 0.25) is 5.91 Å². The molecule has 1 atom stereocenters. The summed E-state index contributed by atoms with van der Waals surface area (Å²) in [5, 5.41) is 6.30. The van der Waals surface area contributed by atoms with Gasteiger partial charge >= 0.3 is 0 Å². The fraction of sp³-hybridized carbons (Fsp3) is 0.588. The van der Waals surface area contributed by atoms with Gasteiger partial charge < -0.3 is 15.4 Å². The van der Waals surface area contributed by atoms with E-state index < -0.39 is 0 Å². The van der Waals surface area contributed by atoms with Crippen LogP contribution in [-0.2, 0) is 4.79 Å². The predicted octanol–water partition coefficient (Wildman–Crippen LogP) is 2.27. The molecule has 0 bridgehead atoms. The van der Waals surface area contributed by atoms with E-state index in [1.807, 2.05) is 31.2 Å². The minimum absolute atomic E-state index is 0.165. The van der Waals surface area contributed by atoms with Crippen LogP contribution in [0.4, 0.5) is 0 Å². The zero-order valence-corrected chi connectivity index (χ0v) is 12.9. The van der Waals surface area contributed by atoms with E-state index in [9.17, 15) is 4.79 Å². The molecule has 21 heavy (non-hydrogen) atoms. The second-order valence-corrected chi connectivity index (χ2v) is 5.71. The Morgan fingerprint density at radius 1 is 1.43 bits per heavy atom. The summed E-state index contributed by atoms with van der Waals surface area (Å²) in [7, 11) is 0. The molecule has 2 N–H and O–H groups in total. The molecule has 1 heterocycles. The number of nitrogens with one attached hydrogen (secondary N) is 2. The zero-order chi connectivity index (χ0) is 14.9. The third kappa shape index (κ3) is 5.76. The van der Waals surface area contributed by atoms with Crippen LogP contribution in [0.3, 0.4) is 0 Å². The maximum atomic E-state index is 11.7. The maximum Gasteiger partial charge on any atom is 0.220 e. The highest BCUT2D eigenvalue weighted by molar-refractivity contribution is 5.75. The van der Waals surface area contributed by atoms with Crippen molar-refractivity contribution in [2.24, 2.45) is 5.92 Å². The number of para-hydroxylation sites is 1. The van der Waals surface area contributed by atoms with Crippen LogP contribution in [0.5, 0.6) is 5.75 Å². The van der Waals surface area contributed by atoms with Gasteiger partial charge in [0.25, 0.3) is 0 Å². The van der Waals surface area contributed by atoms with Crippen LogP contribution in [-0.4, -0.2) is 32.1 Å². The van der Waals surface area contributed by atoms with Gasteiger partial charge in [-0.2, -0.15) is 0 Å². The Bertz CT molecular complexity index is 442. The Balaban J connectivity index is 1.51. The van der Waals surface area contributed by atoms with Gasteiger partial charge in [0.15, 0.2) is 0 Å². The molecule has 1 saturated heterocycles. The van der Waals surface area contributed by atoms with E-state index >= 15 is 0 Å². The highest BCUT2D eigenvalue weighted by Gasteiger charge is 2.15. The van der Waals surface area contributed by atoms with Crippen molar-refractivity contribution in [3.05, 3.63) is 29.8 Å². The smallest absolute Gasteiger partial charge is 0.220 e. The van der Waals surface area contributed by atoms with Crippen molar-refractivity contribution in [3.63, 3.8) is 0 Å². The number of hydrogen-bond donors (Lipinski definition) is 2. The van der Waals surface area contributed by atoms with Gasteiger partial charge in [0.05, 0.1) is 6.61 Å². The summed E-state index contributed by atoms with van der Waals surface area (Å²) in [5.74, 6) is 1.77. The van der Waals surface area contributed by atoms with Crippen molar-refractivity contribution < 1.29 is 9.53 Å². The van der Waals surface area contributed by atoms with E-state index in [-0.39, 0.29) is 5.91 Å². The molecule has 1 aliphatic heterocycles. The van der Waals surface area contributed by atoms with E-state index in [0.29, 0.717) is 25.5 Å². The Hall–Kier alpha value is -1.55. The summed E-state index contributed by atoms with van der Waals surface area (Å²) in [6.07, 6.45) is 3.69. The molecule has 1 aliphatic rings. The second-order valence-electron chi connectivity index (χ2n) is 5.71. The molecule has 1 aromatic carbocycles. The highest BCUT2D eigenvalue weighted by atomic mass is 16.5. The van der Waals surface area contributed by atoms with Crippen molar-refractivity contribution in [1.82, 2.24) is 10.6 Å². The van der Waals surface area contributed by atoms with E-state index in [1.165, 1.54) is 6.42 Å². The number of ether oxygens (including phenoxy) is 1. The first-order chi connectivity index (χ1) is 10.3. The lowest BCUT2D eigenvalue weighted by molar-refractivity contribution is -0.121. The van der Waals surface area contributed by atoms with Crippen molar-refractivity contribution >= 4 is 5.91 Å². The number of amides is 1. The van der Waals surface area contributed by atoms with E-state index in [1.54, 1.807) is 0 Å². The van der Waals surface area contributed by atoms with Gasteiger partial charge in [-0.15, -0.1) is 0 Å². The number of carbonyl (C=O) groups excluding carboxylic acids is 1. The van der Waals surface area contributed by atoms with Crippen molar-refractivity contribution in [2.45, 2.75) is 32.6 Å². The number of rotatable bonds is 8. The van der Waals surface area contributed by atoms with Crippen LogP contribution in [0.25, 0.3) is 0 Å². The minimum Gasteiger partial charge on any atom is -0.493 e. The molecule has 116 valence electrons. The van der Waals surface area contributed by atoms with Crippen LogP contribution in [0.1, 0.15) is 31.2 Å². The highest BCUT2D eigenvalue weighted by Crippen LogP contribution is 2.16. The summed E-state index contributed by atoms with van der Waals surface area (Å²) in [6, 6.07) is 7.99. The van der Waals surface area contributed by atoms with E-state index in [4.69, 9.17) is 4.74 Å². The summed E-state index contributed by atoms with van der Waals surface area (Å²) in [4.78, 5) is 11.7. The molecule has 0 aliphatic carbocycles. The summed E-state index contributed by atoms with van der Waals surface area (Å²) < 4.78 is 5.70. The Kier molecular flexibility index (Phi) is 6.54. The topological polar surface area (TPSA) is 50.4 Å². The molecule has 1 amide bonds. The summed E-state index contributed by atoms with van der Waals surface area (Å²) in [6.45, 7) is 5.53. The molecule has 1 aromatic rings. The van der Waals surface area contributed by atoms with Crippen LogP contribution >= 0.6 is 0 Å². The van der Waals surface area contributed by atoms with Crippen LogP contribution < -0.4 is 15.4 Å². The molecule has 0 aromatic heterocycles. The number of aryl methyl sites for hydroxylation is 1. The average Bonchev–Trinajstić information content (AvgIpc) is 3.00. The third-order valence-electron chi connectivity index (χ3n) is 3.94. The third-order valence-corrected chi connectivity index (χ3v) is 3.94. The maximum absolute atomic E-state index is 11.7. The SMILES string of the molecule is Cc1ccccc1OCCCNC(=O)CCC1CCNC1. The molecular formula is C17H26N2O2. The lowest BCUT2D eigenvalue weighted by Gasteiger charge is -2.10. The first kappa shape index (κ1) is 15.8. The van der Waals surface area contributed by atoms with Crippen LogP contribution in [0.15, 0.2) is 24.3 Å². The van der Waals surface area contributed by atoms with Gasteiger partial charge in [0.1, 0.15) is 5.75 Å². The van der Waals surface area contributed by atoms with Crippen LogP contribution in [0.2, 0.25) is 0 Å². The molecule has 0 spiro atoms. The van der Waals surface area contributed by atoms with Gasteiger partial charge in [-0.05, 0) is 56.8 Å². The Morgan fingerprint density at radius 3 is 3.05 bits per heavy atom. The van der Waals surface area contributed by atoms with Crippen molar-refractivity contribution in [3.8, 4) is 5.75 Å². The van der Waals surface area contributed by atoms with E-state index in [2.05, 4.69) is 10.6 Å². The largest absolute Gasteiger partial charge is 0.493 e.